The van der Waals surface area contributed by atoms with Gasteiger partial charge in [-0.2, -0.15) is 0 Å². The van der Waals surface area contributed by atoms with Gasteiger partial charge in [0.1, 0.15) is 5.82 Å². The number of non-ortho nitro benzene ring substituents is 1. The fraction of sp³-hybridized carbons (Fsp3) is 0.250. The van der Waals surface area contributed by atoms with E-state index in [1.807, 2.05) is 0 Å². The number of nitro benzene ring substituents is 1. The minimum absolute atomic E-state index is 0.238. The minimum Gasteiger partial charge on any atom is -0.258 e. The van der Waals surface area contributed by atoms with Crippen LogP contribution in [0.3, 0.4) is 0 Å². The minimum atomic E-state index is -0.630. The average Bonchev–Trinajstić information content (AvgIpc) is 2.08. The Balaban J connectivity index is 2.98. The number of benzene rings is 1. The van der Waals surface area contributed by atoms with Crippen molar-refractivity contribution in [3.8, 4) is 0 Å². The Morgan fingerprint density at radius 2 is 2.23 bits per heavy atom. The maximum Gasteiger partial charge on any atom is 0.272 e. The second-order valence-electron chi connectivity index (χ2n) is 2.57. The van der Waals surface area contributed by atoms with Crippen LogP contribution in [0.2, 0.25) is 6.32 Å². The first-order chi connectivity index (χ1) is 6.15. The van der Waals surface area contributed by atoms with Crippen LogP contribution in [-0.2, 0) is 6.42 Å². The molecule has 0 fully saturated rings. The fourth-order valence-corrected chi connectivity index (χ4v) is 1.01. The van der Waals surface area contributed by atoms with Crippen molar-refractivity contribution >= 4 is 13.5 Å². The molecule has 0 amide bonds. The summed E-state index contributed by atoms with van der Waals surface area (Å²) in [4.78, 5) is 9.61. The summed E-state index contributed by atoms with van der Waals surface area (Å²) in [5.74, 6) is -0.570. The van der Waals surface area contributed by atoms with Gasteiger partial charge in [0, 0.05) is 6.07 Å². The molecule has 0 N–H and O–H groups in total. The number of hydrogen-bond acceptors (Lipinski definition) is 2. The molecule has 0 aliphatic carbocycles. The monoisotopic (exact) mass is 179 g/mol. The normalized spacial score (nSPS) is 9.92. The molecule has 0 aliphatic heterocycles. The van der Waals surface area contributed by atoms with Gasteiger partial charge >= 0.3 is 0 Å². The second-order valence-corrected chi connectivity index (χ2v) is 2.57. The predicted molar refractivity (Wildman–Crippen MR) is 47.3 cm³/mol. The zero-order valence-corrected chi connectivity index (χ0v) is 6.87. The first kappa shape index (κ1) is 9.70. The summed E-state index contributed by atoms with van der Waals surface area (Å²) in [6.45, 7) is 0. The van der Waals surface area contributed by atoms with Gasteiger partial charge in [-0.3, -0.25) is 10.1 Å². The van der Waals surface area contributed by atoms with E-state index in [0.29, 0.717) is 18.3 Å². The average molecular weight is 179 g/mol. The van der Waals surface area contributed by atoms with Crippen LogP contribution in [0.4, 0.5) is 10.1 Å². The third kappa shape index (κ3) is 2.27. The summed E-state index contributed by atoms with van der Waals surface area (Å²) in [7, 11) is 5.23. The smallest absolute Gasteiger partial charge is 0.258 e. The third-order valence-electron chi connectivity index (χ3n) is 1.66. The van der Waals surface area contributed by atoms with Gasteiger partial charge in [0.25, 0.3) is 5.69 Å². The van der Waals surface area contributed by atoms with E-state index in [1.165, 1.54) is 12.1 Å². The molecule has 0 aromatic heterocycles. The van der Waals surface area contributed by atoms with Gasteiger partial charge in [0.2, 0.25) is 0 Å². The Kier molecular flexibility index (Phi) is 3.00. The Morgan fingerprint density at radius 3 is 2.69 bits per heavy atom. The highest BCUT2D eigenvalue weighted by atomic mass is 19.1. The first-order valence-corrected chi connectivity index (χ1v) is 3.78. The van der Waals surface area contributed by atoms with E-state index in [4.69, 9.17) is 7.85 Å². The van der Waals surface area contributed by atoms with Crippen molar-refractivity contribution in [1.82, 2.24) is 0 Å². The molecule has 0 saturated heterocycles. The van der Waals surface area contributed by atoms with E-state index in [1.54, 1.807) is 0 Å². The summed E-state index contributed by atoms with van der Waals surface area (Å²) in [6.07, 6.45) is 0.721. The van der Waals surface area contributed by atoms with Crippen molar-refractivity contribution in [2.24, 2.45) is 0 Å². The molecule has 0 bridgehead atoms. The lowest BCUT2D eigenvalue weighted by atomic mass is 9.97. The molecule has 1 aromatic rings. The highest BCUT2D eigenvalue weighted by Crippen LogP contribution is 2.17. The predicted octanol–water partition coefficient (Wildman–Crippen LogP) is 1.86. The van der Waals surface area contributed by atoms with Crippen molar-refractivity contribution in [2.45, 2.75) is 12.7 Å². The number of nitro groups is 1. The Bertz CT molecular complexity index is 330. The van der Waals surface area contributed by atoms with Crippen LogP contribution in [0, 0.1) is 15.9 Å². The van der Waals surface area contributed by atoms with Gasteiger partial charge in [-0.15, -0.1) is 0 Å². The fourth-order valence-electron chi connectivity index (χ4n) is 1.01. The van der Waals surface area contributed by atoms with Gasteiger partial charge < -0.3 is 0 Å². The third-order valence-corrected chi connectivity index (χ3v) is 1.66. The van der Waals surface area contributed by atoms with Gasteiger partial charge in [-0.05, 0) is 18.1 Å². The lowest BCUT2D eigenvalue weighted by molar-refractivity contribution is -0.385. The van der Waals surface area contributed by atoms with E-state index in [2.05, 4.69) is 0 Å². The van der Waals surface area contributed by atoms with Crippen LogP contribution in [0.15, 0.2) is 18.2 Å². The molecule has 5 heteroatoms. The van der Waals surface area contributed by atoms with Gasteiger partial charge in [0.15, 0.2) is 0 Å². The highest BCUT2D eigenvalue weighted by molar-refractivity contribution is 6.08. The van der Waals surface area contributed by atoms with Crippen LogP contribution >= 0.6 is 0 Å². The number of nitrogens with zero attached hydrogens (tertiary/aromatic N) is 1. The van der Waals surface area contributed by atoms with Crippen LogP contribution in [-0.4, -0.2) is 12.8 Å². The second kappa shape index (κ2) is 4.02. The summed E-state index contributed by atoms with van der Waals surface area (Å²) >= 11 is 0. The Morgan fingerprint density at radius 1 is 1.54 bits per heavy atom. The summed E-state index contributed by atoms with van der Waals surface area (Å²) in [5, 5.41) is 10.2. The van der Waals surface area contributed by atoms with Crippen LogP contribution in [0.5, 0.6) is 0 Å². The standard InChI is InChI=1S/C8H7BFNO2/c9-4-3-6-1-2-7(11(12)13)5-8(6)10/h1-2,5H,3-4H2. The molecule has 0 spiro atoms. The molecule has 0 unspecified atom stereocenters. The molecule has 13 heavy (non-hydrogen) atoms. The highest BCUT2D eigenvalue weighted by Gasteiger charge is 2.09. The quantitative estimate of drug-likeness (QED) is 0.403. The van der Waals surface area contributed by atoms with E-state index in [9.17, 15) is 14.5 Å². The maximum absolute atomic E-state index is 13.0. The zero-order chi connectivity index (χ0) is 9.84. The van der Waals surface area contributed by atoms with Gasteiger partial charge in [-0.25, -0.2) is 4.39 Å². The van der Waals surface area contributed by atoms with Crippen LogP contribution in [0.25, 0.3) is 0 Å². The van der Waals surface area contributed by atoms with Gasteiger partial charge in [-0.1, -0.05) is 6.32 Å². The molecular weight excluding hydrogens is 172 g/mol. The molecule has 0 atom stereocenters. The molecular formula is C8H7BFNO2. The zero-order valence-electron chi connectivity index (χ0n) is 6.87. The van der Waals surface area contributed by atoms with Gasteiger partial charge in [0.05, 0.1) is 18.8 Å². The van der Waals surface area contributed by atoms with Crippen molar-refractivity contribution in [3.63, 3.8) is 0 Å². The molecule has 0 heterocycles. The molecule has 0 aliphatic rings. The lowest BCUT2D eigenvalue weighted by Crippen LogP contribution is -1.93. The number of hydrogen-bond donors (Lipinski definition) is 0. The molecule has 66 valence electrons. The van der Waals surface area contributed by atoms with Crippen molar-refractivity contribution in [2.75, 3.05) is 0 Å². The maximum atomic E-state index is 13.0. The first-order valence-electron chi connectivity index (χ1n) is 3.78. The lowest BCUT2D eigenvalue weighted by Gasteiger charge is -1.99. The van der Waals surface area contributed by atoms with Crippen molar-refractivity contribution in [3.05, 3.63) is 39.7 Å². The van der Waals surface area contributed by atoms with Crippen molar-refractivity contribution < 1.29 is 9.31 Å². The topological polar surface area (TPSA) is 43.1 Å². The summed E-state index contributed by atoms with van der Waals surface area (Å²) < 4.78 is 13.0. The molecule has 3 nitrogen and oxygen atoms in total. The van der Waals surface area contributed by atoms with Crippen LogP contribution < -0.4 is 0 Å². The molecule has 0 saturated carbocycles. The number of halogens is 1. The summed E-state index contributed by atoms with van der Waals surface area (Å²) in [6, 6.07) is 3.57. The summed E-state index contributed by atoms with van der Waals surface area (Å²) in [5.41, 5.74) is 0.173. The molecule has 1 aromatic carbocycles. The van der Waals surface area contributed by atoms with E-state index in [0.717, 1.165) is 6.07 Å². The van der Waals surface area contributed by atoms with Crippen molar-refractivity contribution in [1.29, 1.82) is 0 Å². The number of aryl methyl sites for hydroxylation is 1. The SMILES string of the molecule is [B]CCc1ccc([N+](=O)[O-])cc1F. The molecule has 1 rings (SSSR count). The largest absolute Gasteiger partial charge is 0.272 e. The van der Waals surface area contributed by atoms with E-state index in [-0.39, 0.29) is 5.69 Å². The Hall–Kier alpha value is -1.39. The molecule has 2 radical (unpaired) electrons. The van der Waals surface area contributed by atoms with E-state index >= 15 is 0 Å². The number of rotatable bonds is 3. The van der Waals surface area contributed by atoms with E-state index < -0.39 is 10.7 Å². The Labute approximate surface area is 76.1 Å². The van der Waals surface area contributed by atoms with Crippen LogP contribution in [0.1, 0.15) is 5.56 Å².